The maximum absolute atomic E-state index is 12.3. The third-order valence-electron chi connectivity index (χ3n) is 6.77. The topological polar surface area (TPSA) is 17.1 Å². The molecule has 0 aromatic rings. The van der Waals surface area contributed by atoms with Crippen LogP contribution in [0.25, 0.3) is 0 Å². The van der Waals surface area contributed by atoms with Crippen LogP contribution in [0, 0.1) is 28.1 Å². The van der Waals surface area contributed by atoms with Crippen LogP contribution in [0.5, 0.6) is 0 Å². The fraction of sp³-hybridized carbons (Fsp3) is 0.933. The normalized spacial score (nSPS) is 48.1. The summed E-state index contributed by atoms with van der Waals surface area (Å²) in [7, 11) is 0. The van der Waals surface area contributed by atoms with E-state index in [2.05, 4.69) is 27.7 Å². The summed E-state index contributed by atoms with van der Waals surface area (Å²) in [6, 6.07) is 0. The Kier molecular flexibility index (Phi) is 1.85. The molecule has 1 nitrogen and oxygen atoms in total. The van der Waals surface area contributed by atoms with E-state index in [0.29, 0.717) is 16.6 Å². The fourth-order valence-electron chi connectivity index (χ4n) is 5.54. The Morgan fingerprint density at radius 1 is 1.12 bits per heavy atom. The van der Waals surface area contributed by atoms with Crippen molar-refractivity contribution in [2.45, 2.75) is 59.8 Å². The van der Waals surface area contributed by atoms with Gasteiger partial charge in [-0.05, 0) is 48.3 Å². The summed E-state index contributed by atoms with van der Waals surface area (Å²) in [5.74, 6) is 2.20. The van der Waals surface area contributed by atoms with Crippen LogP contribution < -0.4 is 0 Å². The van der Waals surface area contributed by atoms with Crippen LogP contribution in [0.4, 0.5) is 0 Å². The highest BCUT2D eigenvalue weighted by Crippen LogP contribution is 2.74. The van der Waals surface area contributed by atoms with E-state index < -0.39 is 0 Å². The largest absolute Gasteiger partial charge is 0.299 e. The van der Waals surface area contributed by atoms with Gasteiger partial charge in [-0.1, -0.05) is 27.7 Å². The van der Waals surface area contributed by atoms with Crippen molar-refractivity contribution in [3.05, 3.63) is 0 Å². The molecule has 0 N–H and O–H groups in total. The molecule has 0 aliphatic heterocycles. The standard InChI is InChI=1S/C15H24O/c1-13(2)10-7-8-15(9-10)11(13)5-6-12(16)14(15,3)4/h10-11H,5-9H2,1-4H3/t10-,11+,15+/m0/s1. The number of carbonyl (C=O) groups excluding carboxylic acids is 1. The van der Waals surface area contributed by atoms with Gasteiger partial charge in [0.25, 0.3) is 0 Å². The van der Waals surface area contributed by atoms with Crippen molar-refractivity contribution in [2.75, 3.05) is 0 Å². The molecular weight excluding hydrogens is 196 g/mol. The number of Topliss-reactive ketones (excluding diaryl/α,β-unsaturated/α-hetero) is 1. The van der Waals surface area contributed by atoms with Gasteiger partial charge in [-0.25, -0.2) is 0 Å². The van der Waals surface area contributed by atoms with E-state index >= 15 is 0 Å². The molecule has 90 valence electrons. The van der Waals surface area contributed by atoms with Crippen LogP contribution in [-0.2, 0) is 4.79 Å². The number of hydrogen-bond donors (Lipinski definition) is 0. The first-order valence-corrected chi connectivity index (χ1v) is 6.86. The molecule has 3 atom stereocenters. The summed E-state index contributed by atoms with van der Waals surface area (Å²) in [6.07, 6.45) is 5.98. The second-order valence-electron chi connectivity index (χ2n) is 7.56. The molecule has 3 rings (SSSR count). The van der Waals surface area contributed by atoms with Gasteiger partial charge in [-0.3, -0.25) is 4.79 Å². The lowest BCUT2D eigenvalue weighted by molar-refractivity contribution is -0.147. The summed E-state index contributed by atoms with van der Waals surface area (Å²) in [6.45, 7) is 9.36. The predicted octanol–water partition coefficient (Wildman–Crippen LogP) is 3.82. The molecule has 3 fully saturated rings. The van der Waals surface area contributed by atoms with Crippen molar-refractivity contribution >= 4 is 5.78 Å². The number of hydrogen-bond acceptors (Lipinski definition) is 1. The molecule has 3 aliphatic rings. The van der Waals surface area contributed by atoms with Gasteiger partial charge in [-0.15, -0.1) is 0 Å². The molecule has 3 aliphatic carbocycles. The lowest BCUT2D eigenvalue weighted by Gasteiger charge is -2.54. The highest BCUT2D eigenvalue weighted by atomic mass is 16.1. The molecule has 2 bridgehead atoms. The summed E-state index contributed by atoms with van der Waals surface area (Å²) in [5, 5.41) is 0. The van der Waals surface area contributed by atoms with E-state index in [1.165, 1.54) is 19.3 Å². The Labute approximate surface area is 99.0 Å². The summed E-state index contributed by atoms with van der Waals surface area (Å²) in [5.41, 5.74) is 0.783. The van der Waals surface area contributed by atoms with Crippen molar-refractivity contribution in [1.82, 2.24) is 0 Å². The summed E-state index contributed by atoms with van der Waals surface area (Å²) >= 11 is 0. The van der Waals surface area contributed by atoms with Crippen LogP contribution in [0.1, 0.15) is 59.8 Å². The van der Waals surface area contributed by atoms with Gasteiger partial charge >= 0.3 is 0 Å². The maximum atomic E-state index is 12.3. The van der Waals surface area contributed by atoms with Gasteiger partial charge in [0, 0.05) is 11.8 Å². The molecule has 1 heteroatoms. The number of carbonyl (C=O) groups is 1. The number of fused-ring (bicyclic) bond motifs is 1. The molecule has 16 heavy (non-hydrogen) atoms. The zero-order chi connectivity index (χ0) is 11.8. The van der Waals surface area contributed by atoms with E-state index in [4.69, 9.17) is 0 Å². The number of rotatable bonds is 0. The average Bonchev–Trinajstić information content (AvgIpc) is 2.69. The lowest BCUT2D eigenvalue weighted by atomic mass is 9.49. The summed E-state index contributed by atoms with van der Waals surface area (Å²) in [4.78, 5) is 12.3. The van der Waals surface area contributed by atoms with Crippen LogP contribution in [0.2, 0.25) is 0 Å². The average molecular weight is 220 g/mol. The lowest BCUT2D eigenvalue weighted by Crippen LogP contribution is -2.52. The molecule has 0 unspecified atom stereocenters. The monoisotopic (exact) mass is 220 g/mol. The smallest absolute Gasteiger partial charge is 0.139 e. The maximum Gasteiger partial charge on any atom is 0.139 e. The molecule has 0 radical (unpaired) electrons. The van der Waals surface area contributed by atoms with Crippen molar-refractivity contribution < 1.29 is 4.79 Å². The minimum absolute atomic E-state index is 0.0571. The van der Waals surface area contributed by atoms with Gasteiger partial charge in [0.2, 0.25) is 0 Å². The molecule has 0 aromatic heterocycles. The Hall–Kier alpha value is -0.330. The molecule has 3 saturated carbocycles. The zero-order valence-electron chi connectivity index (χ0n) is 11.1. The molecule has 0 saturated heterocycles. The Morgan fingerprint density at radius 3 is 2.50 bits per heavy atom. The molecule has 0 heterocycles. The van der Waals surface area contributed by atoms with Gasteiger partial charge in [-0.2, -0.15) is 0 Å². The van der Waals surface area contributed by atoms with E-state index in [-0.39, 0.29) is 5.41 Å². The Bertz CT molecular complexity index is 352. The second kappa shape index (κ2) is 2.73. The summed E-state index contributed by atoms with van der Waals surface area (Å²) < 4.78 is 0. The third-order valence-corrected chi connectivity index (χ3v) is 6.77. The van der Waals surface area contributed by atoms with E-state index in [0.717, 1.165) is 24.7 Å². The van der Waals surface area contributed by atoms with Crippen molar-refractivity contribution in [3.8, 4) is 0 Å². The molecule has 0 aromatic carbocycles. The predicted molar refractivity (Wildman–Crippen MR) is 65.1 cm³/mol. The first kappa shape index (κ1) is 10.8. The van der Waals surface area contributed by atoms with E-state index in [1.54, 1.807) is 0 Å². The third kappa shape index (κ3) is 0.926. The van der Waals surface area contributed by atoms with Gasteiger partial charge < -0.3 is 0 Å². The molecule has 0 amide bonds. The SMILES string of the molecule is CC1(C)[C@H]2CC[C@@]3(C2)[C@@H]1CCC(=O)C3(C)C. The van der Waals surface area contributed by atoms with Gasteiger partial charge in [0.05, 0.1) is 0 Å². The number of ketones is 1. The highest BCUT2D eigenvalue weighted by molar-refractivity contribution is 5.86. The quantitative estimate of drug-likeness (QED) is 0.606. The first-order chi connectivity index (χ1) is 7.32. The fourth-order valence-corrected chi connectivity index (χ4v) is 5.54. The van der Waals surface area contributed by atoms with Crippen molar-refractivity contribution in [3.63, 3.8) is 0 Å². The Balaban J connectivity index is 2.11. The van der Waals surface area contributed by atoms with Gasteiger partial charge in [0.15, 0.2) is 0 Å². The minimum atomic E-state index is -0.0571. The first-order valence-electron chi connectivity index (χ1n) is 6.86. The van der Waals surface area contributed by atoms with Crippen LogP contribution in [0.15, 0.2) is 0 Å². The van der Waals surface area contributed by atoms with Crippen molar-refractivity contribution in [1.29, 1.82) is 0 Å². The van der Waals surface area contributed by atoms with Crippen LogP contribution in [0.3, 0.4) is 0 Å². The van der Waals surface area contributed by atoms with E-state index in [9.17, 15) is 4.79 Å². The zero-order valence-corrected chi connectivity index (χ0v) is 11.1. The Morgan fingerprint density at radius 2 is 1.81 bits per heavy atom. The van der Waals surface area contributed by atoms with Crippen molar-refractivity contribution in [2.24, 2.45) is 28.1 Å². The van der Waals surface area contributed by atoms with Crippen LogP contribution >= 0.6 is 0 Å². The minimum Gasteiger partial charge on any atom is -0.299 e. The van der Waals surface area contributed by atoms with Crippen LogP contribution in [-0.4, -0.2) is 5.78 Å². The molecule has 1 spiro atoms. The van der Waals surface area contributed by atoms with Gasteiger partial charge in [0.1, 0.15) is 5.78 Å². The second-order valence-corrected chi connectivity index (χ2v) is 7.56. The van der Waals surface area contributed by atoms with E-state index in [1.807, 2.05) is 0 Å². The molecular formula is C15H24O. The highest BCUT2D eigenvalue weighted by Gasteiger charge is 2.69.